The van der Waals surface area contributed by atoms with Gasteiger partial charge < -0.3 is 5.11 Å². The molecule has 0 aromatic carbocycles. The zero-order valence-electron chi connectivity index (χ0n) is 8.36. The lowest BCUT2D eigenvalue weighted by Crippen LogP contribution is -2.36. The first kappa shape index (κ1) is 10.7. The molecule has 0 radical (unpaired) electrons. The summed E-state index contributed by atoms with van der Waals surface area (Å²) in [6.07, 6.45) is 0. The van der Waals surface area contributed by atoms with E-state index in [1.54, 1.807) is 0 Å². The average molecular weight is 156 g/mol. The quantitative estimate of drug-likeness (QED) is 0.609. The Morgan fingerprint density at radius 1 is 1.27 bits per heavy atom. The molecule has 0 amide bonds. The van der Waals surface area contributed by atoms with Crippen molar-refractivity contribution >= 4 is 0 Å². The molecule has 1 nitrogen and oxygen atoms in total. The van der Waals surface area contributed by atoms with Gasteiger partial charge in [0.1, 0.15) is 0 Å². The van der Waals surface area contributed by atoms with Gasteiger partial charge in [-0.3, -0.25) is 0 Å². The topological polar surface area (TPSA) is 20.2 Å². The third-order valence-corrected chi connectivity index (χ3v) is 2.91. The molecule has 0 aliphatic rings. The first-order chi connectivity index (χ1) is 4.75. The fourth-order valence-electron chi connectivity index (χ4n) is 1.01. The Bertz CT molecular complexity index is 153. The summed E-state index contributed by atoms with van der Waals surface area (Å²) in [6, 6.07) is 0. The van der Waals surface area contributed by atoms with E-state index in [0.717, 1.165) is 5.57 Å². The molecule has 66 valence electrons. The van der Waals surface area contributed by atoms with Crippen LogP contribution in [0.25, 0.3) is 0 Å². The predicted molar refractivity (Wildman–Crippen MR) is 49.5 cm³/mol. The summed E-state index contributed by atoms with van der Waals surface area (Å²) in [7, 11) is 0. The Kier molecular flexibility index (Phi) is 2.90. The van der Waals surface area contributed by atoms with Crippen molar-refractivity contribution < 1.29 is 5.11 Å². The van der Waals surface area contributed by atoms with Crippen molar-refractivity contribution in [3.63, 3.8) is 0 Å². The summed E-state index contributed by atoms with van der Waals surface area (Å²) < 4.78 is 0. The van der Waals surface area contributed by atoms with Crippen LogP contribution in [0.1, 0.15) is 34.6 Å². The van der Waals surface area contributed by atoms with Gasteiger partial charge in [-0.2, -0.15) is 0 Å². The predicted octanol–water partition coefficient (Wildman–Crippen LogP) is 2.61. The Balaban J connectivity index is 4.75. The molecule has 1 heteroatoms. The SMILES string of the molecule is C=C(C)C(C)(CO)C(C)(C)C. The van der Waals surface area contributed by atoms with Gasteiger partial charge in [0.05, 0.1) is 6.61 Å². The largest absolute Gasteiger partial charge is 0.395 e. The van der Waals surface area contributed by atoms with Gasteiger partial charge >= 0.3 is 0 Å². The fourth-order valence-corrected chi connectivity index (χ4v) is 1.01. The molecule has 0 saturated carbocycles. The fraction of sp³-hybridized carbons (Fsp3) is 0.800. The van der Waals surface area contributed by atoms with Gasteiger partial charge in [-0.25, -0.2) is 0 Å². The lowest BCUT2D eigenvalue weighted by Gasteiger charge is -2.41. The van der Waals surface area contributed by atoms with Crippen molar-refractivity contribution in [3.8, 4) is 0 Å². The van der Waals surface area contributed by atoms with Crippen molar-refractivity contribution in [2.24, 2.45) is 10.8 Å². The van der Waals surface area contributed by atoms with Gasteiger partial charge in [-0.05, 0) is 12.3 Å². The van der Waals surface area contributed by atoms with Crippen molar-refractivity contribution in [2.75, 3.05) is 6.61 Å². The van der Waals surface area contributed by atoms with Gasteiger partial charge in [-0.1, -0.05) is 39.8 Å². The molecular formula is C10H20O. The van der Waals surface area contributed by atoms with E-state index in [1.165, 1.54) is 0 Å². The van der Waals surface area contributed by atoms with Gasteiger partial charge in [0.25, 0.3) is 0 Å². The molecule has 0 saturated heterocycles. The normalized spacial score (nSPS) is 17.6. The second-order valence-electron chi connectivity index (χ2n) is 4.52. The minimum Gasteiger partial charge on any atom is -0.395 e. The highest BCUT2D eigenvalue weighted by Gasteiger charge is 2.37. The molecule has 0 fully saturated rings. The maximum Gasteiger partial charge on any atom is 0.0526 e. The van der Waals surface area contributed by atoms with Gasteiger partial charge in [0, 0.05) is 5.41 Å². The molecular weight excluding hydrogens is 136 g/mol. The highest BCUT2D eigenvalue weighted by atomic mass is 16.3. The van der Waals surface area contributed by atoms with Crippen molar-refractivity contribution in [1.29, 1.82) is 0 Å². The lowest BCUT2D eigenvalue weighted by atomic mass is 9.65. The first-order valence-electron chi connectivity index (χ1n) is 4.02. The second-order valence-corrected chi connectivity index (χ2v) is 4.52. The molecule has 1 atom stereocenters. The van der Waals surface area contributed by atoms with E-state index in [4.69, 9.17) is 0 Å². The van der Waals surface area contributed by atoms with Crippen LogP contribution < -0.4 is 0 Å². The summed E-state index contributed by atoms with van der Waals surface area (Å²) in [5, 5.41) is 9.23. The van der Waals surface area contributed by atoms with E-state index in [2.05, 4.69) is 34.3 Å². The van der Waals surface area contributed by atoms with Crippen LogP contribution in [0.2, 0.25) is 0 Å². The third-order valence-electron chi connectivity index (χ3n) is 2.91. The molecule has 0 aliphatic heterocycles. The molecule has 0 bridgehead atoms. The second kappa shape index (κ2) is 2.98. The minimum absolute atomic E-state index is 0.0770. The first-order valence-corrected chi connectivity index (χ1v) is 4.02. The van der Waals surface area contributed by atoms with Gasteiger partial charge in [0.2, 0.25) is 0 Å². The van der Waals surface area contributed by atoms with E-state index >= 15 is 0 Å². The maximum atomic E-state index is 9.23. The molecule has 0 aromatic rings. The molecule has 1 N–H and O–H groups in total. The zero-order valence-corrected chi connectivity index (χ0v) is 8.36. The monoisotopic (exact) mass is 156 g/mol. The van der Waals surface area contributed by atoms with E-state index < -0.39 is 0 Å². The molecule has 1 unspecified atom stereocenters. The summed E-state index contributed by atoms with van der Waals surface area (Å²) in [5.74, 6) is 0. The van der Waals surface area contributed by atoms with E-state index in [0.29, 0.717) is 0 Å². The van der Waals surface area contributed by atoms with E-state index in [-0.39, 0.29) is 17.4 Å². The number of aliphatic hydroxyl groups excluding tert-OH is 1. The lowest BCUT2D eigenvalue weighted by molar-refractivity contribution is 0.0671. The van der Waals surface area contributed by atoms with E-state index in [1.807, 2.05) is 6.92 Å². The Morgan fingerprint density at radius 2 is 1.64 bits per heavy atom. The minimum atomic E-state index is -0.160. The van der Waals surface area contributed by atoms with Crippen LogP contribution in [-0.4, -0.2) is 11.7 Å². The highest BCUT2D eigenvalue weighted by Crippen LogP contribution is 2.42. The maximum absolute atomic E-state index is 9.23. The third kappa shape index (κ3) is 1.84. The average Bonchev–Trinajstić information content (AvgIpc) is 1.83. The van der Waals surface area contributed by atoms with Crippen LogP contribution in [0.3, 0.4) is 0 Å². The molecule has 11 heavy (non-hydrogen) atoms. The molecule has 0 heterocycles. The summed E-state index contributed by atoms with van der Waals surface area (Å²) in [6.45, 7) is 14.5. The van der Waals surface area contributed by atoms with Crippen LogP contribution >= 0.6 is 0 Å². The van der Waals surface area contributed by atoms with Crippen LogP contribution in [0.15, 0.2) is 12.2 Å². The zero-order chi connectivity index (χ0) is 9.28. The Morgan fingerprint density at radius 3 is 1.64 bits per heavy atom. The van der Waals surface area contributed by atoms with Crippen molar-refractivity contribution in [2.45, 2.75) is 34.6 Å². The molecule has 0 aromatic heterocycles. The van der Waals surface area contributed by atoms with Crippen molar-refractivity contribution in [3.05, 3.63) is 12.2 Å². The Labute approximate surface area is 70.1 Å². The van der Waals surface area contributed by atoms with Gasteiger partial charge in [0.15, 0.2) is 0 Å². The summed E-state index contributed by atoms with van der Waals surface area (Å²) in [4.78, 5) is 0. The van der Waals surface area contributed by atoms with Crippen LogP contribution in [0.5, 0.6) is 0 Å². The number of hydrogen-bond donors (Lipinski definition) is 1. The smallest absolute Gasteiger partial charge is 0.0526 e. The van der Waals surface area contributed by atoms with E-state index in [9.17, 15) is 5.11 Å². The standard InChI is InChI=1S/C10H20O/c1-8(2)10(6,7-11)9(3,4)5/h11H,1,7H2,2-6H3. The van der Waals surface area contributed by atoms with Gasteiger partial charge in [-0.15, -0.1) is 0 Å². The van der Waals surface area contributed by atoms with Crippen LogP contribution in [-0.2, 0) is 0 Å². The summed E-state index contributed by atoms with van der Waals surface area (Å²) >= 11 is 0. The highest BCUT2D eigenvalue weighted by molar-refractivity contribution is 5.10. The molecule has 0 aliphatic carbocycles. The van der Waals surface area contributed by atoms with Crippen LogP contribution in [0, 0.1) is 10.8 Å². The molecule has 0 rings (SSSR count). The van der Waals surface area contributed by atoms with Crippen LogP contribution in [0.4, 0.5) is 0 Å². The Hall–Kier alpha value is -0.300. The summed E-state index contributed by atoms with van der Waals surface area (Å²) in [5.41, 5.74) is 0.966. The molecule has 0 spiro atoms. The van der Waals surface area contributed by atoms with Crippen molar-refractivity contribution in [1.82, 2.24) is 0 Å². The number of aliphatic hydroxyl groups is 1. The number of rotatable bonds is 2. The number of hydrogen-bond acceptors (Lipinski definition) is 1.